The fourth-order valence-corrected chi connectivity index (χ4v) is 5.16. The molecule has 182 valence electrons. The molecule has 1 saturated heterocycles. The Kier molecular flexibility index (Phi) is 6.51. The molecule has 10 nitrogen and oxygen atoms in total. The van der Waals surface area contributed by atoms with Gasteiger partial charge in [-0.15, -0.1) is 4.41 Å². The van der Waals surface area contributed by atoms with Gasteiger partial charge in [0.1, 0.15) is 29.2 Å². The summed E-state index contributed by atoms with van der Waals surface area (Å²) in [7, 11) is -2.85. The topological polar surface area (TPSA) is 121 Å². The van der Waals surface area contributed by atoms with Crippen molar-refractivity contribution in [3.63, 3.8) is 0 Å². The van der Waals surface area contributed by atoms with Crippen LogP contribution in [0.25, 0.3) is 10.9 Å². The number of hydrogen-bond acceptors (Lipinski definition) is 7. The van der Waals surface area contributed by atoms with Crippen LogP contribution in [0, 0.1) is 17.1 Å². The number of nitriles is 1. The van der Waals surface area contributed by atoms with Crippen molar-refractivity contribution < 1.29 is 21.9 Å². The van der Waals surface area contributed by atoms with Crippen molar-refractivity contribution >= 4 is 33.0 Å². The Labute approximate surface area is 199 Å². The quantitative estimate of drug-likeness (QED) is 0.378. The molecular weight excluding hydrogens is 482 g/mol. The van der Waals surface area contributed by atoms with Gasteiger partial charge in [-0.3, -0.25) is 4.79 Å². The zero-order valence-electron chi connectivity index (χ0n) is 18.7. The van der Waals surface area contributed by atoms with E-state index in [2.05, 4.69) is 10.1 Å². The largest absolute Gasteiger partial charge is 0.453 e. The first-order valence-corrected chi connectivity index (χ1v) is 11.9. The number of rotatable bonds is 6. The van der Waals surface area contributed by atoms with Crippen LogP contribution in [-0.2, 0) is 17.3 Å². The van der Waals surface area contributed by atoms with Gasteiger partial charge in [0.05, 0.1) is 17.2 Å². The highest BCUT2D eigenvalue weighted by Gasteiger charge is 2.37. The number of ether oxygens (including phenoxy) is 1. The van der Waals surface area contributed by atoms with E-state index < -0.39 is 33.5 Å². The molecule has 0 saturated carbocycles. The minimum Gasteiger partial charge on any atom is -0.453 e. The summed E-state index contributed by atoms with van der Waals surface area (Å²) in [4.78, 5) is 16.5. The predicted octanol–water partition coefficient (Wildman–Crippen LogP) is 2.84. The predicted molar refractivity (Wildman–Crippen MR) is 125 cm³/mol. The molecule has 0 amide bonds. The molecule has 35 heavy (non-hydrogen) atoms. The van der Waals surface area contributed by atoms with Gasteiger partial charge >= 0.3 is 10.2 Å². The summed E-state index contributed by atoms with van der Waals surface area (Å²) in [6.07, 6.45) is 1.24. The molecule has 1 atom stereocenters. The molecule has 1 aliphatic heterocycles. The highest BCUT2D eigenvalue weighted by molar-refractivity contribution is 7.90. The van der Waals surface area contributed by atoms with E-state index in [1.807, 2.05) is 0 Å². The van der Waals surface area contributed by atoms with E-state index in [9.17, 15) is 27.3 Å². The van der Waals surface area contributed by atoms with E-state index in [-0.39, 0.29) is 41.9 Å². The molecule has 0 N–H and O–H groups in total. The Morgan fingerprint density at radius 3 is 2.77 bits per heavy atom. The van der Waals surface area contributed by atoms with Gasteiger partial charge in [0.15, 0.2) is 11.6 Å². The molecule has 0 unspecified atom stereocenters. The molecule has 0 bridgehead atoms. The first-order valence-electron chi connectivity index (χ1n) is 10.5. The van der Waals surface area contributed by atoms with Crippen LogP contribution >= 0.6 is 0 Å². The summed E-state index contributed by atoms with van der Waals surface area (Å²) in [5.41, 5.74) is -0.694. The van der Waals surface area contributed by atoms with Gasteiger partial charge in [0.2, 0.25) is 0 Å². The first kappa shape index (κ1) is 24.2. The van der Waals surface area contributed by atoms with E-state index in [1.54, 1.807) is 6.07 Å². The van der Waals surface area contributed by atoms with Gasteiger partial charge < -0.3 is 9.30 Å². The number of aromatic nitrogens is 2. The highest BCUT2D eigenvalue weighted by Crippen LogP contribution is 2.37. The van der Waals surface area contributed by atoms with Crippen molar-refractivity contribution in [2.75, 3.05) is 17.5 Å². The van der Waals surface area contributed by atoms with Crippen LogP contribution in [0.3, 0.4) is 0 Å². The van der Waals surface area contributed by atoms with Crippen LogP contribution in [0.2, 0.25) is 0 Å². The standard InChI is InChI=1S/C22H20F2N6O4S/c1-3-27-30(35(32,33)29-9-8-14(23)12-29)20-7-5-18(24)21(17(20)11-25)34-15-4-6-19-16(10-15)22(31)28(2)13-26-19/h3-7,10,13-14H,8-9,12H2,1-2H3/b27-3+/t14-/m1/s1. The maximum absolute atomic E-state index is 14.8. The summed E-state index contributed by atoms with van der Waals surface area (Å²) in [6, 6.07) is 8.07. The summed E-state index contributed by atoms with van der Waals surface area (Å²) in [5.74, 6) is -1.46. The molecule has 1 aromatic heterocycles. The van der Waals surface area contributed by atoms with Gasteiger partial charge in [-0.1, -0.05) is 0 Å². The Morgan fingerprint density at radius 2 is 2.11 bits per heavy atom. The van der Waals surface area contributed by atoms with Crippen molar-refractivity contribution in [3.8, 4) is 17.6 Å². The average Bonchev–Trinajstić information content (AvgIpc) is 3.28. The normalized spacial score (nSPS) is 16.6. The molecular formula is C22H20F2N6O4S. The lowest BCUT2D eigenvalue weighted by molar-refractivity contribution is 0.343. The van der Waals surface area contributed by atoms with Crippen molar-refractivity contribution in [1.82, 2.24) is 13.9 Å². The molecule has 3 aromatic rings. The zero-order chi connectivity index (χ0) is 25.3. The van der Waals surface area contributed by atoms with Crippen molar-refractivity contribution in [3.05, 3.63) is 58.4 Å². The van der Waals surface area contributed by atoms with Crippen molar-refractivity contribution in [2.45, 2.75) is 19.5 Å². The lowest BCUT2D eigenvalue weighted by Gasteiger charge is -2.25. The third-order valence-electron chi connectivity index (χ3n) is 5.37. The number of hydrazone groups is 1. The summed E-state index contributed by atoms with van der Waals surface area (Å²) in [5, 5.41) is 13.9. The summed E-state index contributed by atoms with van der Waals surface area (Å²) < 4.78 is 63.3. The first-order chi connectivity index (χ1) is 16.7. The number of hydrogen-bond donors (Lipinski definition) is 0. The Hall–Kier alpha value is -3.89. The Balaban J connectivity index is 1.81. The summed E-state index contributed by atoms with van der Waals surface area (Å²) in [6.45, 7) is 1.04. The average molecular weight is 503 g/mol. The molecule has 0 radical (unpaired) electrons. The minimum atomic E-state index is -4.38. The van der Waals surface area contributed by atoms with Gasteiger partial charge in [-0.25, -0.2) is 13.8 Å². The van der Waals surface area contributed by atoms with Crippen molar-refractivity contribution in [2.24, 2.45) is 12.1 Å². The molecule has 2 heterocycles. The maximum Gasteiger partial charge on any atom is 0.323 e. The van der Waals surface area contributed by atoms with Crippen LogP contribution in [0.5, 0.6) is 11.5 Å². The van der Waals surface area contributed by atoms with E-state index in [0.29, 0.717) is 9.93 Å². The van der Waals surface area contributed by atoms with Crippen molar-refractivity contribution in [1.29, 1.82) is 5.26 Å². The number of anilines is 1. The number of fused-ring (bicyclic) bond motifs is 1. The molecule has 0 spiro atoms. The van der Waals surface area contributed by atoms with E-state index in [4.69, 9.17) is 4.74 Å². The van der Waals surface area contributed by atoms with Gasteiger partial charge in [-0.2, -0.15) is 23.1 Å². The molecule has 1 fully saturated rings. The molecule has 2 aromatic carbocycles. The molecule has 4 rings (SSSR count). The molecule has 13 heteroatoms. The lowest BCUT2D eigenvalue weighted by atomic mass is 10.1. The fraction of sp³-hybridized carbons (Fsp3) is 0.273. The minimum absolute atomic E-state index is 0.0298. The van der Waals surface area contributed by atoms with E-state index >= 15 is 0 Å². The van der Waals surface area contributed by atoms with E-state index in [1.165, 1.54) is 49.3 Å². The van der Waals surface area contributed by atoms with Crippen LogP contribution in [-0.4, -0.2) is 47.7 Å². The third-order valence-corrected chi connectivity index (χ3v) is 7.09. The zero-order valence-corrected chi connectivity index (χ0v) is 19.5. The number of alkyl halides is 1. The number of aryl methyl sites for hydroxylation is 1. The molecule has 0 aliphatic carbocycles. The number of benzene rings is 2. The van der Waals surface area contributed by atoms with Crippen LogP contribution in [0.4, 0.5) is 14.5 Å². The summed E-state index contributed by atoms with van der Waals surface area (Å²) >= 11 is 0. The Morgan fingerprint density at radius 1 is 1.34 bits per heavy atom. The van der Waals surface area contributed by atoms with Gasteiger partial charge in [0.25, 0.3) is 5.56 Å². The fourth-order valence-electron chi connectivity index (χ4n) is 3.64. The second-order valence-corrected chi connectivity index (χ2v) is 9.45. The smallest absolute Gasteiger partial charge is 0.323 e. The molecule has 1 aliphatic rings. The van der Waals surface area contributed by atoms with Crippen LogP contribution in [0.1, 0.15) is 18.9 Å². The van der Waals surface area contributed by atoms with Gasteiger partial charge in [-0.05, 0) is 43.7 Å². The second-order valence-electron chi connectivity index (χ2n) is 7.69. The highest BCUT2D eigenvalue weighted by atomic mass is 32.2. The lowest BCUT2D eigenvalue weighted by Crippen LogP contribution is -2.40. The van der Waals surface area contributed by atoms with Gasteiger partial charge in [0, 0.05) is 26.4 Å². The van der Waals surface area contributed by atoms with Crippen LogP contribution in [0.15, 0.2) is 46.6 Å². The SMILES string of the molecule is C/C=N/N(c1ccc(F)c(Oc2ccc3ncn(C)c(=O)c3c2)c1C#N)S(=O)(=O)N1CC[C@@H](F)C1. The second kappa shape index (κ2) is 9.40. The number of nitrogens with zero attached hydrogens (tertiary/aromatic N) is 6. The number of halogens is 2. The van der Waals surface area contributed by atoms with E-state index in [0.717, 1.165) is 16.4 Å². The third kappa shape index (κ3) is 4.45. The Bertz CT molecular complexity index is 1530. The monoisotopic (exact) mass is 502 g/mol. The van der Waals surface area contributed by atoms with Crippen LogP contribution < -0.4 is 14.7 Å². The maximum atomic E-state index is 14.8.